The first-order valence-corrected chi connectivity index (χ1v) is 6.82. The van der Waals surface area contributed by atoms with E-state index in [2.05, 4.69) is 20.6 Å². The lowest BCUT2D eigenvalue weighted by atomic mass is 10.2. The minimum Gasteiger partial charge on any atom is -0.392 e. The van der Waals surface area contributed by atoms with Crippen LogP contribution in [-0.4, -0.2) is 39.7 Å². The number of aromatic nitrogens is 2. The van der Waals surface area contributed by atoms with Crippen LogP contribution in [-0.2, 0) is 4.79 Å². The van der Waals surface area contributed by atoms with Crippen molar-refractivity contribution in [2.45, 2.75) is 18.6 Å². The van der Waals surface area contributed by atoms with E-state index in [-0.39, 0.29) is 11.9 Å². The van der Waals surface area contributed by atoms with E-state index in [1.165, 1.54) is 0 Å². The van der Waals surface area contributed by atoms with E-state index in [9.17, 15) is 9.90 Å². The largest absolute Gasteiger partial charge is 0.392 e. The number of benzene rings is 1. The van der Waals surface area contributed by atoms with Crippen molar-refractivity contribution >= 4 is 11.6 Å². The molecule has 2 aromatic rings. The van der Waals surface area contributed by atoms with Crippen molar-refractivity contribution in [3.63, 3.8) is 0 Å². The molecule has 1 aliphatic rings. The monoisotopic (exact) mass is 284 g/mol. The number of nitrogens with one attached hydrogen (secondary N) is 2. The van der Waals surface area contributed by atoms with Crippen molar-refractivity contribution in [1.29, 1.82) is 0 Å². The van der Waals surface area contributed by atoms with Crippen molar-refractivity contribution in [1.82, 2.24) is 15.3 Å². The molecule has 2 atom stereocenters. The highest BCUT2D eigenvalue weighted by molar-refractivity contribution is 5.94. The molecule has 2 heterocycles. The van der Waals surface area contributed by atoms with Gasteiger partial charge in [0.2, 0.25) is 5.91 Å². The second-order valence-electron chi connectivity index (χ2n) is 5.00. The van der Waals surface area contributed by atoms with Crippen LogP contribution in [0.15, 0.2) is 42.7 Å². The molecule has 0 bridgehead atoms. The second-order valence-corrected chi connectivity index (χ2v) is 5.00. The molecule has 6 nitrogen and oxygen atoms in total. The maximum absolute atomic E-state index is 12.0. The van der Waals surface area contributed by atoms with E-state index in [0.717, 1.165) is 5.56 Å². The van der Waals surface area contributed by atoms with Gasteiger partial charge < -0.3 is 15.7 Å². The zero-order valence-corrected chi connectivity index (χ0v) is 11.4. The Hall–Kier alpha value is -2.31. The van der Waals surface area contributed by atoms with Crippen LogP contribution in [0.1, 0.15) is 6.42 Å². The van der Waals surface area contributed by atoms with Crippen LogP contribution in [0.2, 0.25) is 0 Å². The number of aliphatic hydroxyl groups is 1. The summed E-state index contributed by atoms with van der Waals surface area (Å²) in [5, 5.41) is 15.1. The molecular weight excluding hydrogens is 268 g/mol. The minimum atomic E-state index is -0.461. The van der Waals surface area contributed by atoms with E-state index in [1.807, 2.05) is 30.3 Å². The summed E-state index contributed by atoms with van der Waals surface area (Å²) in [5.41, 5.74) is 1.47. The quantitative estimate of drug-likeness (QED) is 0.776. The van der Waals surface area contributed by atoms with Crippen molar-refractivity contribution in [3.8, 4) is 11.4 Å². The van der Waals surface area contributed by atoms with Gasteiger partial charge in [0, 0.05) is 12.1 Å². The number of amides is 1. The Kier molecular flexibility index (Phi) is 3.89. The Bertz CT molecular complexity index is 615. The van der Waals surface area contributed by atoms with E-state index in [0.29, 0.717) is 24.5 Å². The van der Waals surface area contributed by atoms with Gasteiger partial charge >= 0.3 is 0 Å². The summed E-state index contributed by atoms with van der Waals surface area (Å²) in [7, 11) is 0. The molecule has 0 aliphatic carbocycles. The third kappa shape index (κ3) is 3.24. The van der Waals surface area contributed by atoms with Gasteiger partial charge in [-0.25, -0.2) is 9.97 Å². The number of aliphatic hydroxyl groups excluding tert-OH is 1. The Morgan fingerprint density at radius 3 is 2.57 bits per heavy atom. The highest BCUT2D eigenvalue weighted by Crippen LogP contribution is 2.15. The van der Waals surface area contributed by atoms with Gasteiger partial charge in [0.05, 0.1) is 30.2 Å². The van der Waals surface area contributed by atoms with Gasteiger partial charge in [0.25, 0.3) is 0 Å². The molecular formula is C15H16N4O2. The third-order valence-corrected chi connectivity index (χ3v) is 3.38. The van der Waals surface area contributed by atoms with Gasteiger partial charge in [0.15, 0.2) is 5.82 Å². The molecule has 1 aromatic carbocycles. The number of carbonyl (C=O) groups excluding carboxylic acids is 1. The number of hydrogen-bond donors (Lipinski definition) is 3. The molecule has 0 radical (unpaired) electrons. The number of carbonyl (C=O) groups is 1. The Morgan fingerprint density at radius 1 is 1.24 bits per heavy atom. The fourth-order valence-corrected chi connectivity index (χ4v) is 2.28. The molecule has 3 N–H and O–H groups in total. The molecule has 0 spiro atoms. The molecule has 1 fully saturated rings. The first-order valence-electron chi connectivity index (χ1n) is 6.82. The number of rotatable bonds is 3. The van der Waals surface area contributed by atoms with Gasteiger partial charge in [-0.2, -0.15) is 0 Å². The fraction of sp³-hybridized carbons (Fsp3) is 0.267. The molecule has 1 aliphatic heterocycles. The SMILES string of the molecule is O=C(Nc1cnc(-c2ccccc2)nc1)C1CC(O)CN1. The lowest BCUT2D eigenvalue weighted by Crippen LogP contribution is -2.35. The van der Waals surface area contributed by atoms with Crippen LogP contribution in [0.3, 0.4) is 0 Å². The van der Waals surface area contributed by atoms with Gasteiger partial charge in [0.1, 0.15) is 0 Å². The van der Waals surface area contributed by atoms with Crippen LogP contribution in [0.25, 0.3) is 11.4 Å². The molecule has 1 aromatic heterocycles. The summed E-state index contributed by atoms with van der Waals surface area (Å²) >= 11 is 0. The first-order chi connectivity index (χ1) is 10.2. The number of hydrogen-bond acceptors (Lipinski definition) is 5. The molecule has 21 heavy (non-hydrogen) atoms. The minimum absolute atomic E-state index is 0.178. The zero-order chi connectivity index (χ0) is 14.7. The molecule has 6 heteroatoms. The fourth-order valence-electron chi connectivity index (χ4n) is 2.28. The van der Waals surface area contributed by atoms with E-state index >= 15 is 0 Å². The van der Waals surface area contributed by atoms with E-state index in [4.69, 9.17) is 0 Å². The first kappa shape index (κ1) is 13.7. The summed E-state index contributed by atoms with van der Waals surface area (Å²) in [4.78, 5) is 20.5. The van der Waals surface area contributed by atoms with Crippen molar-refractivity contribution in [3.05, 3.63) is 42.7 Å². The summed E-state index contributed by atoms with van der Waals surface area (Å²) in [6.45, 7) is 0.446. The highest BCUT2D eigenvalue weighted by atomic mass is 16.3. The summed E-state index contributed by atoms with van der Waals surface area (Å²) < 4.78 is 0. The highest BCUT2D eigenvalue weighted by Gasteiger charge is 2.28. The normalized spacial score (nSPS) is 21.2. The van der Waals surface area contributed by atoms with Crippen LogP contribution >= 0.6 is 0 Å². The van der Waals surface area contributed by atoms with Crippen molar-refractivity contribution in [2.75, 3.05) is 11.9 Å². The Balaban J connectivity index is 1.66. The van der Waals surface area contributed by atoms with Crippen LogP contribution in [0.5, 0.6) is 0 Å². The van der Waals surface area contributed by atoms with Crippen LogP contribution < -0.4 is 10.6 Å². The predicted octanol–water partition coefficient (Wildman–Crippen LogP) is 0.805. The van der Waals surface area contributed by atoms with Crippen molar-refractivity contribution in [2.24, 2.45) is 0 Å². The second kappa shape index (κ2) is 5.99. The lowest BCUT2D eigenvalue weighted by Gasteiger charge is -2.10. The smallest absolute Gasteiger partial charge is 0.241 e. The maximum Gasteiger partial charge on any atom is 0.241 e. The predicted molar refractivity (Wildman–Crippen MR) is 78.5 cm³/mol. The van der Waals surface area contributed by atoms with E-state index in [1.54, 1.807) is 12.4 Å². The summed E-state index contributed by atoms with van der Waals surface area (Å²) in [6.07, 6.45) is 3.13. The van der Waals surface area contributed by atoms with Gasteiger partial charge in [-0.1, -0.05) is 30.3 Å². The van der Waals surface area contributed by atoms with E-state index < -0.39 is 6.10 Å². The van der Waals surface area contributed by atoms with Crippen molar-refractivity contribution < 1.29 is 9.90 Å². The number of nitrogens with zero attached hydrogens (tertiary/aromatic N) is 2. The maximum atomic E-state index is 12.0. The molecule has 1 amide bonds. The molecule has 3 rings (SSSR count). The topological polar surface area (TPSA) is 87.1 Å². The Labute approximate surface area is 122 Å². The zero-order valence-electron chi connectivity index (χ0n) is 11.4. The van der Waals surface area contributed by atoms with Gasteiger partial charge in [-0.15, -0.1) is 0 Å². The van der Waals surface area contributed by atoms with Crippen LogP contribution in [0.4, 0.5) is 5.69 Å². The molecule has 1 saturated heterocycles. The standard InChI is InChI=1S/C15H16N4O2/c20-12-6-13(16-9-12)15(21)19-11-7-17-14(18-8-11)10-4-2-1-3-5-10/h1-5,7-8,12-13,16,20H,6,9H2,(H,19,21). The average molecular weight is 284 g/mol. The number of β-amino-alcohol motifs (C(OH)–C–C–N with tert-alkyl or cyclic N) is 1. The lowest BCUT2D eigenvalue weighted by molar-refractivity contribution is -0.117. The summed E-state index contributed by atoms with van der Waals surface area (Å²) in [5.74, 6) is 0.436. The molecule has 0 saturated carbocycles. The average Bonchev–Trinajstić information content (AvgIpc) is 2.96. The van der Waals surface area contributed by atoms with Gasteiger partial charge in [-0.05, 0) is 6.42 Å². The molecule has 2 unspecified atom stereocenters. The summed E-state index contributed by atoms with van der Waals surface area (Å²) in [6, 6.07) is 9.26. The Morgan fingerprint density at radius 2 is 1.95 bits per heavy atom. The van der Waals surface area contributed by atoms with Crippen LogP contribution in [0, 0.1) is 0 Å². The van der Waals surface area contributed by atoms with Gasteiger partial charge in [-0.3, -0.25) is 4.79 Å². The third-order valence-electron chi connectivity index (χ3n) is 3.38. The molecule has 108 valence electrons. The number of anilines is 1.